The highest BCUT2D eigenvalue weighted by molar-refractivity contribution is 9.11. The lowest BCUT2D eigenvalue weighted by Gasteiger charge is -2.35. The number of carbonyl (C=O) groups is 3. The number of aromatic nitrogens is 3. The first kappa shape index (κ1) is 34.1. The first-order chi connectivity index (χ1) is 22.9. The van der Waals surface area contributed by atoms with Crippen molar-refractivity contribution in [3.63, 3.8) is 0 Å². The summed E-state index contributed by atoms with van der Waals surface area (Å²) in [5, 5.41) is 3.63. The van der Waals surface area contributed by atoms with Crippen LogP contribution < -0.4 is 22.3 Å². The van der Waals surface area contributed by atoms with Gasteiger partial charge in [0.05, 0.1) is 23.3 Å². The van der Waals surface area contributed by atoms with Crippen molar-refractivity contribution in [1.29, 1.82) is 0 Å². The number of nitrogen functional groups attached to an aromatic ring is 1. The number of nitrogens with two attached hydrogens (primary N) is 1. The molecule has 6 rings (SSSR count). The molecule has 254 valence electrons. The van der Waals surface area contributed by atoms with Gasteiger partial charge in [-0.2, -0.15) is 0 Å². The van der Waals surface area contributed by atoms with E-state index in [2.05, 4.69) is 47.1 Å². The number of hydrogen-bond acceptors (Lipinski definition) is 8. The zero-order valence-corrected chi connectivity index (χ0v) is 30.0. The fourth-order valence-corrected chi connectivity index (χ4v) is 7.90. The maximum absolute atomic E-state index is 14.0. The van der Waals surface area contributed by atoms with Crippen LogP contribution in [0.25, 0.3) is 21.9 Å². The molecule has 13 nitrogen and oxygen atoms in total. The number of nitrogens with one attached hydrogen (secondary N) is 2. The summed E-state index contributed by atoms with van der Waals surface area (Å²) in [6.07, 6.45) is 0.603. The van der Waals surface area contributed by atoms with Crippen LogP contribution in [0, 0.1) is 0 Å². The van der Waals surface area contributed by atoms with Crippen molar-refractivity contribution in [1.82, 2.24) is 34.1 Å². The van der Waals surface area contributed by atoms with Crippen LogP contribution in [0.2, 0.25) is 0 Å². The molecule has 0 saturated carbocycles. The van der Waals surface area contributed by atoms with Gasteiger partial charge in [-0.25, -0.2) is 4.79 Å². The Morgan fingerprint density at radius 1 is 0.979 bits per heavy atom. The van der Waals surface area contributed by atoms with Gasteiger partial charge in [0.2, 0.25) is 11.8 Å². The van der Waals surface area contributed by atoms with Gasteiger partial charge in [0, 0.05) is 78.7 Å². The lowest BCUT2D eigenvalue weighted by Crippen LogP contribution is -2.54. The minimum Gasteiger partial charge on any atom is -0.397 e. The Morgan fingerprint density at radius 3 is 2.29 bits per heavy atom. The summed E-state index contributed by atoms with van der Waals surface area (Å²) in [5.74, 6) is -1.01. The molecule has 2 aliphatic rings. The number of imidazole rings is 1. The fourth-order valence-electron chi connectivity index (χ4n) is 6.71. The number of piperidine rings is 1. The van der Waals surface area contributed by atoms with Gasteiger partial charge in [-0.05, 0) is 69.9 Å². The van der Waals surface area contributed by atoms with E-state index in [4.69, 9.17) is 5.73 Å². The Labute approximate surface area is 293 Å². The molecule has 0 radical (unpaired) electrons. The summed E-state index contributed by atoms with van der Waals surface area (Å²) in [6, 6.07) is 9.23. The number of aryl methyl sites for hydroxylation is 1. The minimum atomic E-state index is -1.08. The van der Waals surface area contributed by atoms with Crippen LogP contribution in [0.4, 0.5) is 5.69 Å². The molecule has 0 bridgehead atoms. The number of fused-ring (bicyclic) bond motifs is 3. The van der Waals surface area contributed by atoms with E-state index in [1.54, 1.807) is 28.6 Å². The van der Waals surface area contributed by atoms with Crippen molar-refractivity contribution in [2.45, 2.75) is 31.3 Å². The van der Waals surface area contributed by atoms with E-state index in [0.29, 0.717) is 44.1 Å². The Balaban J connectivity index is 1.21. The molecule has 4 aromatic rings. The van der Waals surface area contributed by atoms with Crippen LogP contribution >= 0.6 is 31.9 Å². The van der Waals surface area contributed by atoms with E-state index < -0.39 is 6.04 Å². The average molecular weight is 787 g/mol. The van der Waals surface area contributed by atoms with Crippen LogP contribution in [0.1, 0.15) is 35.7 Å². The first-order valence-corrected chi connectivity index (χ1v) is 17.5. The van der Waals surface area contributed by atoms with Gasteiger partial charge in [-0.3, -0.25) is 28.6 Å². The molecular weight excluding hydrogens is 748 g/mol. The number of pyridine rings is 1. The molecule has 0 aliphatic carbocycles. The van der Waals surface area contributed by atoms with E-state index in [-0.39, 0.29) is 60.9 Å². The van der Waals surface area contributed by atoms with E-state index in [1.165, 1.54) is 4.57 Å². The van der Waals surface area contributed by atoms with E-state index >= 15 is 0 Å². The van der Waals surface area contributed by atoms with E-state index in [0.717, 1.165) is 37.1 Å². The van der Waals surface area contributed by atoms with Gasteiger partial charge >= 0.3 is 5.69 Å². The van der Waals surface area contributed by atoms with Gasteiger partial charge in [-0.1, -0.05) is 18.2 Å². The summed E-state index contributed by atoms with van der Waals surface area (Å²) in [7, 11) is 3.72. The number of Topliss-reactive ketones (excluding diaryl/α,β-unsaturated/α-hetero) is 1. The van der Waals surface area contributed by atoms with Gasteiger partial charge < -0.3 is 30.4 Å². The predicted octanol–water partition coefficient (Wildman–Crippen LogP) is 2.46. The number of aromatic amines is 1. The molecule has 48 heavy (non-hydrogen) atoms. The van der Waals surface area contributed by atoms with Crippen LogP contribution in [-0.4, -0.2) is 105 Å². The maximum Gasteiger partial charge on any atom is 0.326 e. The average Bonchev–Trinajstić information content (AvgIpc) is 3.43. The molecule has 2 aromatic heterocycles. The third-order valence-electron chi connectivity index (χ3n) is 9.50. The second-order valence-corrected chi connectivity index (χ2v) is 14.4. The molecule has 1 atom stereocenters. The number of likely N-dealkylation sites (N-methyl/N-ethyl adjacent to an activating group) is 1. The molecule has 2 fully saturated rings. The number of anilines is 1. The van der Waals surface area contributed by atoms with Gasteiger partial charge in [0.1, 0.15) is 11.6 Å². The zero-order chi connectivity index (χ0) is 34.3. The quantitative estimate of drug-likeness (QED) is 0.182. The highest BCUT2D eigenvalue weighted by Gasteiger charge is 2.33. The summed E-state index contributed by atoms with van der Waals surface area (Å²) in [6.45, 7) is 3.84. The number of carbonyl (C=O) groups excluding carboxylic acids is 3. The molecule has 2 aliphatic heterocycles. The van der Waals surface area contributed by atoms with Crippen LogP contribution in [0.3, 0.4) is 0 Å². The fraction of sp³-hybridized carbons (Fsp3) is 0.424. The Bertz CT molecular complexity index is 2000. The number of hydrogen-bond donors (Lipinski definition) is 3. The summed E-state index contributed by atoms with van der Waals surface area (Å²) >= 11 is 6.75. The summed E-state index contributed by atoms with van der Waals surface area (Å²) in [5.41, 5.74) is 7.70. The molecule has 15 heteroatoms. The number of benzene rings is 2. The zero-order valence-electron chi connectivity index (χ0n) is 26.8. The standard InChI is InChI=1S/C33H38Br2N8O5/c1-39-11-13-41(14-12-39)18-27(45)37-24(17-26(44)19-15-22(34)28(36)23(35)16-19)31(46)42-9-7-20(8-10-42)43-30-29(38-33(43)48)21-5-3-4-6-25(21)40(2)32(30)47/h3-6,15-16,20,24H,7-14,17-18,36H2,1-2H3,(H,37,45)(H,38,48)/t24-/m1/s1. The van der Waals surface area contributed by atoms with Crippen molar-refractivity contribution in [2.24, 2.45) is 7.05 Å². The summed E-state index contributed by atoms with van der Waals surface area (Å²) < 4.78 is 4.16. The number of likely N-dealkylation sites (tertiary alicyclic amines) is 1. The number of H-pyrrole nitrogens is 1. The smallest absolute Gasteiger partial charge is 0.326 e. The summed E-state index contributed by atoms with van der Waals surface area (Å²) in [4.78, 5) is 76.2. The number of nitrogens with zero attached hydrogens (tertiary/aromatic N) is 5. The predicted molar refractivity (Wildman–Crippen MR) is 191 cm³/mol. The molecule has 0 unspecified atom stereocenters. The van der Waals surface area contributed by atoms with Crippen molar-refractivity contribution >= 4 is 77.1 Å². The second kappa shape index (κ2) is 14.0. The molecule has 4 N–H and O–H groups in total. The highest BCUT2D eigenvalue weighted by atomic mass is 79.9. The highest BCUT2D eigenvalue weighted by Crippen LogP contribution is 2.31. The largest absolute Gasteiger partial charge is 0.397 e. The van der Waals surface area contributed by atoms with Crippen molar-refractivity contribution in [3.05, 3.63) is 71.7 Å². The monoisotopic (exact) mass is 784 g/mol. The Morgan fingerprint density at radius 2 is 1.62 bits per heavy atom. The third kappa shape index (κ3) is 6.73. The van der Waals surface area contributed by atoms with E-state index in [1.807, 2.05) is 36.2 Å². The number of rotatable bonds is 8. The molecular formula is C33H38Br2N8O5. The molecule has 4 heterocycles. The van der Waals surface area contributed by atoms with Crippen LogP contribution in [0.15, 0.2) is 54.9 Å². The van der Waals surface area contributed by atoms with Gasteiger partial charge in [-0.15, -0.1) is 0 Å². The van der Waals surface area contributed by atoms with Crippen molar-refractivity contribution in [3.8, 4) is 0 Å². The molecule has 2 aromatic carbocycles. The normalized spacial score (nSPS) is 17.2. The number of amides is 2. The van der Waals surface area contributed by atoms with E-state index in [9.17, 15) is 24.0 Å². The molecule has 2 amide bonds. The number of ketones is 1. The lowest BCUT2D eigenvalue weighted by atomic mass is 9.99. The lowest BCUT2D eigenvalue weighted by molar-refractivity contribution is -0.137. The number of piperazine rings is 1. The first-order valence-electron chi connectivity index (χ1n) is 15.9. The number of para-hydroxylation sites is 1. The maximum atomic E-state index is 14.0. The molecule has 0 spiro atoms. The Hall–Kier alpha value is -3.79. The van der Waals surface area contributed by atoms with Gasteiger partial charge in [0.15, 0.2) is 5.78 Å². The van der Waals surface area contributed by atoms with Crippen molar-refractivity contribution < 1.29 is 14.4 Å². The van der Waals surface area contributed by atoms with Crippen LogP contribution in [-0.2, 0) is 16.6 Å². The third-order valence-corrected chi connectivity index (χ3v) is 10.8. The number of halogens is 2. The minimum absolute atomic E-state index is 0.125. The van der Waals surface area contributed by atoms with Gasteiger partial charge in [0.25, 0.3) is 5.56 Å². The SMILES string of the molecule is CN1CCN(CC(=O)N[C@H](CC(=O)c2cc(Br)c(N)c(Br)c2)C(=O)N2CCC(n3c(=O)[nH]c4c5ccccc5n(C)c(=O)c43)CC2)CC1. The second-order valence-electron chi connectivity index (χ2n) is 12.6. The van der Waals surface area contributed by atoms with Crippen LogP contribution in [0.5, 0.6) is 0 Å². The topological polar surface area (TPSA) is 159 Å². The molecule has 2 saturated heterocycles. The van der Waals surface area contributed by atoms with Crippen molar-refractivity contribution in [2.75, 3.05) is 58.6 Å². The Kier molecular flexibility index (Phi) is 9.93.